The first-order valence-electron chi connectivity index (χ1n) is 25.5. The molecule has 8 unspecified atom stereocenters. The Morgan fingerprint density at radius 1 is 0.562 bits per heavy atom. The molecule has 1 rings (SSSR count). The summed E-state index contributed by atoms with van der Waals surface area (Å²) in [5, 5.41) is 74.6. The summed E-state index contributed by atoms with van der Waals surface area (Å²) in [4.78, 5) is 23.5. The summed E-state index contributed by atoms with van der Waals surface area (Å²) in [6.07, 6.45) is 32.2. The molecule has 0 aliphatic heterocycles. The summed E-state index contributed by atoms with van der Waals surface area (Å²) >= 11 is 0. The van der Waals surface area contributed by atoms with Gasteiger partial charge < -0.3 is 46.0 Å². The van der Waals surface area contributed by atoms with E-state index < -0.39 is 75.2 Å². The second-order valence-electron chi connectivity index (χ2n) is 18.2. The zero-order valence-corrected chi connectivity index (χ0v) is 40.8. The van der Waals surface area contributed by atoms with Crippen molar-refractivity contribution >= 4 is 13.7 Å². The van der Waals surface area contributed by atoms with Crippen LogP contribution in [0.5, 0.6) is 0 Å². The molecule has 0 aromatic carbocycles. The maximum Gasteiger partial charge on any atom is 0.472 e. The number of hydrogen-bond acceptors (Lipinski definition) is 11. The van der Waals surface area contributed by atoms with Gasteiger partial charge in [-0.05, 0) is 44.9 Å². The van der Waals surface area contributed by atoms with Crippen LogP contribution in [0.15, 0.2) is 36.5 Å². The number of carbonyl (C=O) groups excluding carboxylic acids is 1. The maximum atomic E-state index is 13.0. The third-order valence-corrected chi connectivity index (χ3v) is 13.2. The fourth-order valence-electron chi connectivity index (χ4n) is 8.06. The third-order valence-electron chi connectivity index (χ3n) is 12.2. The largest absolute Gasteiger partial charge is 0.472 e. The number of aliphatic hydroxyl groups excluding tert-OH is 7. The Hall–Kier alpha value is -1.48. The first-order valence-corrected chi connectivity index (χ1v) is 27.0. The highest BCUT2D eigenvalue weighted by atomic mass is 31.2. The first-order chi connectivity index (χ1) is 30.8. The van der Waals surface area contributed by atoms with Gasteiger partial charge in [-0.15, -0.1) is 0 Å². The second-order valence-corrected chi connectivity index (χ2v) is 19.6. The van der Waals surface area contributed by atoms with Crippen LogP contribution in [0.25, 0.3) is 0 Å². The Labute approximate surface area is 387 Å². The number of amides is 1. The van der Waals surface area contributed by atoms with Crippen LogP contribution >= 0.6 is 7.82 Å². The SMILES string of the molecule is CCCCC/C=C\C=C/CCCCCCCCCCC(O)CC(=O)NC(COP(=O)(O)OC1C(O)C(O)C(O)C(O)C1O)C(O)/C=C/CCCCCCCCCCCCCCCCC. The Kier molecular flexibility index (Phi) is 37.4. The summed E-state index contributed by atoms with van der Waals surface area (Å²) < 4.78 is 22.9. The van der Waals surface area contributed by atoms with Gasteiger partial charge in [-0.25, -0.2) is 4.57 Å². The summed E-state index contributed by atoms with van der Waals surface area (Å²) in [6.45, 7) is 3.73. The van der Waals surface area contributed by atoms with Crippen LogP contribution in [-0.2, 0) is 18.4 Å². The molecular weight excluding hydrogens is 838 g/mol. The predicted molar refractivity (Wildman–Crippen MR) is 257 cm³/mol. The van der Waals surface area contributed by atoms with Crippen molar-refractivity contribution in [3.8, 4) is 0 Å². The minimum absolute atomic E-state index is 0.249. The average Bonchev–Trinajstić information content (AvgIpc) is 3.27. The summed E-state index contributed by atoms with van der Waals surface area (Å²) in [6, 6.07) is -1.24. The van der Waals surface area contributed by atoms with Crippen LogP contribution < -0.4 is 5.32 Å². The zero-order chi connectivity index (χ0) is 47.3. The molecule has 13 nitrogen and oxygen atoms in total. The highest BCUT2D eigenvalue weighted by molar-refractivity contribution is 7.47. The molecule has 64 heavy (non-hydrogen) atoms. The molecule has 0 radical (unpaired) electrons. The van der Waals surface area contributed by atoms with Crippen molar-refractivity contribution in [2.24, 2.45) is 0 Å². The van der Waals surface area contributed by atoms with Crippen molar-refractivity contribution in [2.75, 3.05) is 6.61 Å². The van der Waals surface area contributed by atoms with Crippen LogP contribution in [-0.4, -0.2) is 108 Å². The van der Waals surface area contributed by atoms with E-state index in [1.54, 1.807) is 6.08 Å². The highest BCUT2D eigenvalue weighted by Gasteiger charge is 2.51. The van der Waals surface area contributed by atoms with Gasteiger partial charge in [0.2, 0.25) is 5.91 Å². The molecule has 9 N–H and O–H groups in total. The van der Waals surface area contributed by atoms with Crippen molar-refractivity contribution in [3.63, 3.8) is 0 Å². The molecule has 0 aromatic rings. The van der Waals surface area contributed by atoms with E-state index in [4.69, 9.17) is 9.05 Å². The minimum Gasteiger partial charge on any atom is -0.393 e. The zero-order valence-electron chi connectivity index (χ0n) is 39.9. The fourth-order valence-corrected chi connectivity index (χ4v) is 9.02. The van der Waals surface area contributed by atoms with Gasteiger partial charge in [0.25, 0.3) is 0 Å². The quantitative estimate of drug-likeness (QED) is 0.0121. The number of unbranched alkanes of at least 4 members (excludes halogenated alkanes) is 26. The Morgan fingerprint density at radius 3 is 1.41 bits per heavy atom. The molecule has 0 bridgehead atoms. The molecule has 0 heterocycles. The Balaban J connectivity index is 2.50. The molecular formula is C50H94NO12P. The lowest BCUT2D eigenvalue weighted by Gasteiger charge is -2.41. The van der Waals surface area contributed by atoms with Crippen molar-refractivity contribution in [1.82, 2.24) is 5.32 Å². The van der Waals surface area contributed by atoms with E-state index in [0.717, 1.165) is 57.8 Å². The molecule has 1 fully saturated rings. The topological polar surface area (TPSA) is 226 Å². The molecule has 1 aliphatic carbocycles. The number of allylic oxidation sites excluding steroid dienone is 5. The smallest absolute Gasteiger partial charge is 0.393 e. The van der Waals surface area contributed by atoms with Crippen molar-refractivity contribution < 1.29 is 59.0 Å². The normalized spacial score (nSPS) is 23.0. The van der Waals surface area contributed by atoms with E-state index >= 15 is 0 Å². The van der Waals surface area contributed by atoms with Crippen LogP contribution in [0.2, 0.25) is 0 Å². The molecule has 0 aromatic heterocycles. The number of phosphoric ester groups is 1. The number of hydrogen-bond donors (Lipinski definition) is 9. The van der Waals surface area contributed by atoms with Gasteiger partial charge in [-0.3, -0.25) is 13.8 Å². The maximum absolute atomic E-state index is 13.0. The van der Waals surface area contributed by atoms with E-state index in [1.165, 1.54) is 128 Å². The van der Waals surface area contributed by atoms with Gasteiger partial charge in [0.05, 0.1) is 31.3 Å². The third kappa shape index (κ3) is 30.7. The Morgan fingerprint density at radius 2 is 0.938 bits per heavy atom. The van der Waals surface area contributed by atoms with Crippen LogP contribution in [0.4, 0.5) is 0 Å². The van der Waals surface area contributed by atoms with E-state index in [0.29, 0.717) is 12.8 Å². The fraction of sp³-hybridized carbons (Fsp3) is 0.860. The van der Waals surface area contributed by atoms with Crippen LogP contribution in [0.3, 0.4) is 0 Å². The Bertz CT molecular complexity index is 1240. The van der Waals surface area contributed by atoms with Gasteiger partial charge in [-0.2, -0.15) is 0 Å². The molecule has 8 atom stereocenters. The van der Waals surface area contributed by atoms with E-state index in [-0.39, 0.29) is 6.42 Å². The van der Waals surface area contributed by atoms with E-state index in [9.17, 15) is 50.0 Å². The molecule has 0 saturated heterocycles. The highest BCUT2D eigenvalue weighted by Crippen LogP contribution is 2.47. The van der Waals surface area contributed by atoms with Crippen molar-refractivity contribution in [1.29, 1.82) is 0 Å². The van der Waals surface area contributed by atoms with E-state index in [2.05, 4.69) is 43.5 Å². The van der Waals surface area contributed by atoms with Crippen LogP contribution in [0.1, 0.15) is 213 Å². The van der Waals surface area contributed by atoms with Crippen molar-refractivity contribution in [3.05, 3.63) is 36.5 Å². The number of rotatable bonds is 42. The molecule has 1 aliphatic rings. The first kappa shape index (κ1) is 60.5. The predicted octanol–water partition coefficient (Wildman–Crippen LogP) is 9.31. The van der Waals surface area contributed by atoms with Gasteiger partial charge in [0.15, 0.2) is 0 Å². The lowest BCUT2D eigenvalue weighted by Crippen LogP contribution is -2.64. The molecule has 1 saturated carbocycles. The van der Waals surface area contributed by atoms with Gasteiger partial charge >= 0.3 is 7.82 Å². The standard InChI is InChI=1S/C50H94NO12P/c1-3-5-7-9-11-13-15-17-19-21-23-25-27-29-31-33-35-37-41(52)39-44(54)51-42(40-62-64(60,61)63-50-48(58)46(56)45(55)47(57)49(50)59)43(53)38-36-34-32-30-28-26-24-22-20-18-16-14-12-10-8-6-4-2/h11,13,15,17,36,38,41-43,45-50,52-53,55-59H,3-10,12,14,16,18-35,37,39-40H2,1-2H3,(H,51,54)(H,60,61)/b13-11-,17-15-,38-36+. The molecule has 376 valence electrons. The van der Waals surface area contributed by atoms with Crippen molar-refractivity contribution in [2.45, 2.75) is 268 Å². The molecule has 0 spiro atoms. The van der Waals surface area contributed by atoms with E-state index in [1.807, 2.05) is 0 Å². The molecule has 1 amide bonds. The summed E-state index contributed by atoms with van der Waals surface area (Å²) in [5.74, 6) is -0.596. The van der Waals surface area contributed by atoms with Gasteiger partial charge in [-0.1, -0.05) is 198 Å². The van der Waals surface area contributed by atoms with Crippen LogP contribution in [0, 0.1) is 0 Å². The summed E-state index contributed by atoms with van der Waals surface area (Å²) in [5.41, 5.74) is 0. The minimum atomic E-state index is -5.15. The summed E-state index contributed by atoms with van der Waals surface area (Å²) in [7, 11) is -5.15. The molecule has 14 heteroatoms. The number of aliphatic hydroxyl groups is 7. The van der Waals surface area contributed by atoms with Gasteiger partial charge in [0, 0.05) is 0 Å². The number of nitrogens with one attached hydrogen (secondary N) is 1. The lowest BCUT2D eigenvalue weighted by atomic mass is 9.85. The number of carbonyl (C=O) groups is 1. The second kappa shape index (κ2) is 39.5. The number of phosphoric acid groups is 1. The van der Waals surface area contributed by atoms with Gasteiger partial charge in [0.1, 0.15) is 36.6 Å². The lowest BCUT2D eigenvalue weighted by molar-refractivity contribution is -0.220. The average molecular weight is 932 g/mol. The monoisotopic (exact) mass is 932 g/mol.